The van der Waals surface area contributed by atoms with Crippen LogP contribution >= 0.6 is 36.4 Å². The first-order valence-electron chi connectivity index (χ1n) is 7.22. The molecule has 2 heterocycles. The number of rotatable bonds is 4. The number of carbonyl (C=O) groups excluding carboxylic acids is 1. The molecule has 0 radical (unpaired) electrons. The SMILES string of the molecule is Cl.Cl.O=C(Nc1ccc(Oc2ccc(Cl)cn2)cc1)C1COCCN1. The molecule has 1 amide bonds. The molecule has 0 aliphatic carbocycles. The number of aromatic nitrogens is 1. The summed E-state index contributed by atoms with van der Waals surface area (Å²) in [6.45, 7) is 1.70. The van der Waals surface area contributed by atoms with Crippen molar-refractivity contribution in [2.45, 2.75) is 6.04 Å². The second-order valence-corrected chi connectivity index (χ2v) is 5.45. The van der Waals surface area contributed by atoms with Gasteiger partial charge in [-0.2, -0.15) is 0 Å². The van der Waals surface area contributed by atoms with Crippen molar-refractivity contribution < 1.29 is 14.3 Å². The van der Waals surface area contributed by atoms with E-state index in [9.17, 15) is 4.79 Å². The van der Waals surface area contributed by atoms with Gasteiger partial charge in [0.25, 0.3) is 0 Å². The Morgan fingerprint density at radius 2 is 2.00 bits per heavy atom. The van der Waals surface area contributed by atoms with Gasteiger partial charge in [0.2, 0.25) is 11.8 Å². The maximum absolute atomic E-state index is 12.1. The third-order valence-corrected chi connectivity index (χ3v) is 3.51. The molecule has 1 aliphatic heterocycles. The fourth-order valence-corrected chi connectivity index (χ4v) is 2.22. The van der Waals surface area contributed by atoms with Crippen molar-refractivity contribution in [2.75, 3.05) is 25.1 Å². The fraction of sp³-hybridized carbons (Fsp3) is 0.250. The van der Waals surface area contributed by atoms with Gasteiger partial charge in [-0.15, -0.1) is 24.8 Å². The van der Waals surface area contributed by atoms with Gasteiger partial charge in [-0.3, -0.25) is 4.79 Å². The molecular formula is C16H18Cl3N3O3. The quantitative estimate of drug-likeness (QED) is 0.815. The van der Waals surface area contributed by atoms with Crippen molar-refractivity contribution in [3.8, 4) is 11.6 Å². The molecule has 2 aromatic rings. The lowest BCUT2D eigenvalue weighted by Gasteiger charge is -2.22. The van der Waals surface area contributed by atoms with Crippen LogP contribution in [0.3, 0.4) is 0 Å². The maximum Gasteiger partial charge on any atom is 0.243 e. The largest absolute Gasteiger partial charge is 0.439 e. The molecule has 1 saturated heterocycles. The van der Waals surface area contributed by atoms with Gasteiger partial charge < -0.3 is 20.1 Å². The average Bonchev–Trinajstić information content (AvgIpc) is 2.59. The van der Waals surface area contributed by atoms with E-state index in [4.69, 9.17) is 21.1 Å². The Morgan fingerprint density at radius 3 is 2.60 bits per heavy atom. The van der Waals surface area contributed by atoms with E-state index in [1.165, 1.54) is 6.20 Å². The molecule has 1 fully saturated rings. The number of carbonyl (C=O) groups is 1. The molecule has 1 aromatic heterocycles. The Morgan fingerprint density at radius 1 is 1.24 bits per heavy atom. The van der Waals surface area contributed by atoms with E-state index >= 15 is 0 Å². The summed E-state index contributed by atoms with van der Waals surface area (Å²) >= 11 is 5.78. The molecule has 1 unspecified atom stereocenters. The third-order valence-electron chi connectivity index (χ3n) is 3.28. The molecule has 1 atom stereocenters. The van der Waals surface area contributed by atoms with Gasteiger partial charge in [-0.25, -0.2) is 4.98 Å². The Kier molecular flexibility index (Phi) is 8.96. The Labute approximate surface area is 163 Å². The lowest BCUT2D eigenvalue weighted by molar-refractivity contribution is -0.120. The van der Waals surface area contributed by atoms with Crippen LogP contribution in [0.2, 0.25) is 5.02 Å². The number of benzene rings is 1. The van der Waals surface area contributed by atoms with Gasteiger partial charge in [0, 0.05) is 24.5 Å². The molecule has 6 nitrogen and oxygen atoms in total. The monoisotopic (exact) mass is 405 g/mol. The Balaban J connectivity index is 0.00000156. The zero-order valence-electron chi connectivity index (χ0n) is 13.1. The highest BCUT2D eigenvalue weighted by atomic mass is 35.5. The van der Waals surface area contributed by atoms with Crippen LogP contribution in [0.4, 0.5) is 5.69 Å². The number of ether oxygens (including phenoxy) is 2. The van der Waals surface area contributed by atoms with E-state index in [0.29, 0.717) is 42.1 Å². The molecule has 9 heteroatoms. The molecule has 1 aliphatic rings. The highest BCUT2D eigenvalue weighted by molar-refractivity contribution is 6.30. The van der Waals surface area contributed by atoms with E-state index in [1.54, 1.807) is 36.4 Å². The van der Waals surface area contributed by atoms with E-state index in [-0.39, 0.29) is 36.8 Å². The minimum Gasteiger partial charge on any atom is -0.439 e. The maximum atomic E-state index is 12.1. The standard InChI is InChI=1S/C16H16ClN3O3.2ClH/c17-11-1-6-15(19-9-11)23-13-4-2-12(3-5-13)20-16(21)14-10-22-8-7-18-14;;/h1-6,9,14,18H,7-8,10H2,(H,20,21);2*1H. The lowest BCUT2D eigenvalue weighted by Crippen LogP contribution is -2.48. The van der Waals surface area contributed by atoms with Gasteiger partial charge in [-0.05, 0) is 30.3 Å². The van der Waals surface area contributed by atoms with E-state index < -0.39 is 0 Å². The van der Waals surface area contributed by atoms with Gasteiger partial charge >= 0.3 is 0 Å². The van der Waals surface area contributed by atoms with Gasteiger partial charge in [0.15, 0.2) is 0 Å². The van der Waals surface area contributed by atoms with Crippen LogP contribution in [0.15, 0.2) is 42.6 Å². The van der Waals surface area contributed by atoms with Crippen LogP contribution in [0.1, 0.15) is 0 Å². The van der Waals surface area contributed by atoms with Crippen molar-refractivity contribution in [3.05, 3.63) is 47.6 Å². The number of halogens is 3. The Bertz CT molecular complexity index is 663. The summed E-state index contributed by atoms with van der Waals surface area (Å²) in [4.78, 5) is 16.1. The van der Waals surface area contributed by atoms with Crippen LogP contribution in [0, 0.1) is 0 Å². The summed E-state index contributed by atoms with van der Waals surface area (Å²) in [5.74, 6) is 0.962. The number of amides is 1. The molecule has 2 N–H and O–H groups in total. The smallest absolute Gasteiger partial charge is 0.243 e. The summed E-state index contributed by atoms with van der Waals surface area (Å²) in [6.07, 6.45) is 1.52. The zero-order valence-corrected chi connectivity index (χ0v) is 15.5. The summed E-state index contributed by atoms with van der Waals surface area (Å²) in [7, 11) is 0. The zero-order chi connectivity index (χ0) is 16.1. The molecule has 3 rings (SSSR count). The number of morpholine rings is 1. The molecule has 0 bridgehead atoms. The summed E-state index contributed by atoms with van der Waals surface area (Å²) in [6, 6.07) is 10.1. The molecular weight excluding hydrogens is 389 g/mol. The second kappa shape index (κ2) is 10.4. The van der Waals surface area contributed by atoms with Crippen LogP contribution in [-0.2, 0) is 9.53 Å². The minimum absolute atomic E-state index is 0. The normalized spacial score (nSPS) is 16.1. The predicted octanol–water partition coefficient (Wildman–Crippen LogP) is 3.30. The summed E-state index contributed by atoms with van der Waals surface area (Å²) in [5.41, 5.74) is 0.693. The predicted molar refractivity (Wildman–Crippen MR) is 101 cm³/mol. The summed E-state index contributed by atoms with van der Waals surface area (Å²) in [5, 5.41) is 6.50. The van der Waals surface area contributed by atoms with Gasteiger partial charge in [-0.1, -0.05) is 11.6 Å². The van der Waals surface area contributed by atoms with Crippen LogP contribution in [0.5, 0.6) is 11.6 Å². The number of hydrogen-bond acceptors (Lipinski definition) is 5. The third kappa shape index (κ3) is 6.34. The second-order valence-electron chi connectivity index (χ2n) is 5.01. The molecule has 136 valence electrons. The van der Waals surface area contributed by atoms with Crippen molar-refractivity contribution in [1.29, 1.82) is 0 Å². The van der Waals surface area contributed by atoms with Crippen molar-refractivity contribution >= 4 is 48.0 Å². The first-order chi connectivity index (χ1) is 11.2. The van der Waals surface area contributed by atoms with E-state index in [2.05, 4.69) is 15.6 Å². The van der Waals surface area contributed by atoms with Gasteiger partial charge in [0.1, 0.15) is 11.8 Å². The number of nitrogens with one attached hydrogen (secondary N) is 2. The molecule has 25 heavy (non-hydrogen) atoms. The average molecular weight is 407 g/mol. The number of anilines is 1. The molecule has 0 spiro atoms. The highest BCUT2D eigenvalue weighted by Gasteiger charge is 2.20. The minimum atomic E-state index is -0.321. The number of hydrogen-bond donors (Lipinski definition) is 2. The Hall–Kier alpha value is -1.57. The summed E-state index contributed by atoms with van der Waals surface area (Å²) < 4.78 is 10.9. The fourth-order valence-electron chi connectivity index (χ4n) is 2.11. The van der Waals surface area contributed by atoms with Crippen molar-refractivity contribution in [2.24, 2.45) is 0 Å². The van der Waals surface area contributed by atoms with Crippen LogP contribution < -0.4 is 15.4 Å². The van der Waals surface area contributed by atoms with Crippen LogP contribution in [-0.4, -0.2) is 36.7 Å². The highest BCUT2D eigenvalue weighted by Crippen LogP contribution is 2.22. The lowest BCUT2D eigenvalue weighted by atomic mass is 10.2. The van der Waals surface area contributed by atoms with Crippen LogP contribution in [0.25, 0.3) is 0 Å². The van der Waals surface area contributed by atoms with Gasteiger partial charge in [0.05, 0.1) is 18.2 Å². The first kappa shape index (κ1) is 21.5. The van der Waals surface area contributed by atoms with E-state index in [0.717, 1.165) is 0 Å². The van der Waals surface area contributed by atoms with E-state index in [1.807, 2.05) is 0 Å². The van der Waals surface area contributed by atoms with Crippen molar-refractivity contribution in [1.82, 2.24) is 10.3 Å². The molecule has 1 aromatic carbocycles. The number of pyridine rings is 1. The number of nitrogens with zero attached hydrogens (tertiary/aromatic N) is 1. The molecule has 0 saturated carbocycles. The topological polar surface area (TPSA) is 72.5 Å². The van der Waals surface area contributed by atoms with Crippen molar-refractivity contribution in [3.63, 3.8) is 0 Å². The first-order valence-corrected chi connectivity index (χ1v) is 7.60.